The van der Waals surface area contributed by atoms with Gasteiger partial charge in [-0.1, -0.05) is 6.08 Å². The van der Waals surface area contributed by atoms with E-state index in [9.17, 15) is 9.59 Å². The maximum Gasteiger partial charge on any atom is 0.323 e. The Hall–Kier alpha value is -1.36. The lowest BCUT2D eigenvalue weighted by Gasteiger charge is -2.29. The van der Waals surface area contributed by atoms with Crippen LogP contribution < -0.4 is 5.32 Å². The molecule has 0 spiro atoms. The highest BCUT2D eigenvalue weighted by atomic mass is 16.4. The molecule has 1 amide bonds. The number of amides is 1. The van der Waals surface area contributed by atoms with Gasteiger partial charge in [0.15, 0.2) is 0 Å². The second kappa shape index (κ2) is 5.50. The van der Waals surface area contributed by atoms with E-state index in [1.54, 1.807) is 20.9 Å². The molecule has 15 heavy (non-hydrogen) atoms. The predicted molar refractivity (Wildman–Crippen MR) is 57.6 cm³/mol. The van der Waals surface area contributed by atoms with Gasteiger partial charge in [0.05, 0.1) is 5.54 Å². The third-order valence-electron chi connectivity index (χ3n) is 2.12. The lowest BCUT2D eigenvalue weighted by atomic mass is 10.0. The van der Waals surface area contributed by atoms with Crippen molar-refractivity contribution in [3.05, 3.63) is 12.7 Å². The summed E-state index contributed by atoms with van der Waals surface area (Å²) in [6, 6.07) is 0. The molecule has 0 unspecified atom stereocenters. The Balaban J connectivity index is 4.68. The van der Waals surface area contributed by atoms with Crippen molar-refractivity contribution in [1.29, 1.82) is 0 Å². The Morgan fingerprint density at radius 2 is 2.07 bits per heavy atom. The van der Waals surface area contributed by atoms with Gasteiger partial charge in [-0.25, -0.2) is 0 Å². The van der Waals surface area contributed by atoms with Crippen LogP contribution in [0.15, 0.2) is 12.7 Å². The second-order valence-corrected chi connectivity index (χ2v) is 3.74. The first-order valence-electron chi connectivity index (χ1n) is 4.66. The summed E-state index contributed by atoms with van der Waals surface area (Å²) < 4.78 is 0. The second-order valence-electron chi connectivity index (χ2n) is 3.74. The van der Waals surface area contributed by atoms with Crippen LogP contribution in [0.1, 0.15) is 13.8 Å². The van der Waals surface area contributed by atoms with Gasteiger partial charge in [0, 0.05) is 6.54 Å². The van der Waals surface area contributed by atoms with Gasteiger partial charge in [-0.3, -0.25) is 9.59 Å². The van der Waals surface area contributed by atoms with Crippen LogP contribution >= 0.6 is 0 Å². The van der Waals surface area contributed by atoms with Gasteiger partial charge in [-0.15, -0.1) is 6.58 Å². The van der Waals surface area contributed by atoms with Crippen LogP contribution in [0.2, 0.25) is 0 Å². The van der Waals surface area contributed by atoms with Gasteiger partial charge in [0.1, 0.15) is 6.54 Å². The van der Waals surface area contributed by atoms with Crippen LogP contribution in [0.5, 0.6) is 0 Å². The fraction of sp³-hybridized carbons (Fsp3) is 0.600. The highest BCUT2D eigenvalue weighted by Crippen LogP contribution is 2.07. The number of nitrogens with one attached hydrogen (secondary N) is 1. The normalized spacial score (nSPS) is 10.9. The molecule has 0 radical (unpaired) electrons. The van der Waals surface area contributed by atoms with Gasteiger partial charge >= 0.3 is 5.97 Å². The topological polar surface area (TPSA) is 69.6 Å². The SMILES string of the molecule is C=CCN(CC(=O)O)C(=O)C(C)(C)NC. The molecule has 0 aliphatic carbocycles. The average molecular weight is 214 g/mol. The summed E-state index contributed by atoms with van der Waals surface area (Å²) in [5.41, 5.74) is -0.765. The van der Waals surface area contributed by atoms with E-state index >= 15 is 0 Å². The van der Waals surface area contributed by atoms with E-state index in [2.05, 4.69) is 11.9 Å². The lowest BCUT2D eigenvalue weighted by molar-refractivity contribution is -0.146. The summed E-state index contributed by atoms with van der Waals surface area (Å²) in [5, 5.41) is 11.5. The predicted octanol–water partition coefficient (Wildman–Crippen LogP) is 0.0836. The Kier molecular flexibility index (Phi) is 5.00. The van der Waals surface area contributed by atoms with Crippen molar-refractivity contribution in [2.45, 2.75) is 19.4 Å². The number of carboxylic acids is 1. The van der Waals surface area contributed by atoms with Gasteiger partial charge in [-0.2, -0.15) is 0 Å². The Bertz CT molecular complexity index is 261. The zero-order chi connectivity index (χ0) is 12.1. The van der Waals surface area contributed by atoms with Crippen LogP contribution in [0.25, 0.3) is 0 Å². The van der Waals surface area contributed by atoms with E-state index in [-0.39, 0.29) is 19.0 Å². The number of carbonyl (C=O) groups excluding carboxylic acids is 1. The van der Waals surface area contributed by atoms with Gasteiger partial charge in [0.2, 0.25) is 5.91 Å². The molecule has 0 atom stereocenters. The number of hydrogen-bond acceptors (Lipinski definition) is 3. The van der Waals surface area contributed by atoms with Crippen molar-refractivity contribution in [3.63, 3.8) is 0 Å². The highest BCUT2D eigenvalue weighted by Gasteiger charge is 2.30. The molecule has 0 saturated heterocycles. The number of carbonyl (C=O) groups is 2. The first-order chi connectivity index (χ1) is 6.85. The molecule has 0 saturated carbocycles. The minimum absolute atomic E-state index is 0.232. The number of rotatable bonds is 6. The fourth-order valence-electron chi connectivity index (χ4n) is 1.04. The smallest absolute Gasteiger partial charge is 0.323 e. The zero-order valence-electron chi connectivity index (χ0n) is 9.41. The van der Waals surface area contributed by atoms with Crippen molar-refractivity contribution in [1.82, 2.24) is 10.2 Å². The van der Waals surface area contributed by atoms with Gasteiger partial charge in [-0.05, 0) is 20.9 Å². The zero-order valence-corrected chi connectivity index (χ0v) is 9.41. The van der Waals surface area contributed by atoms with Crippen molar-refractivity contribution < 1.29 is 14.7 Å². The third-order valence-corrected chi connectivity index (χ3v) is 2.12. The Morgan fingerprint density at radius 3 is 2.40 bits per heavy atom. The first kappa shape index (κ1) is 13.6. The van der Waals surface area contributed by atoms with E-state index in [0.29, 0.717) is 0 Å². The van der Waals surface area contributed by atoms with Crippen molar-refractivity contribution >= 4 is 11.9 Å². The number of likely N-dealkylation sites (N-methyl/N-ethyl adjacent to an activating group) is 1. The maximum atomic E-state index is 11.9. The lowest BCUT2D eigenvalue weighted by Crippen LogP contribution is -2.53. The third kappa shape index (κ3) is 4.12. The summed E-state index contributed by atoms with van der Waals surface area (Å²) in [6.45, 7) is 6.82. The quantitative estimate of drug-likeness (QED) is 0.614. The summed E-state index contributed by atoms with van der Waals surface area (Å²) in [5.74, 6) is -1.29. The van der Waals surface area contributed by atoms with E-state index in [1.807, 2.05) is 0 Å². The van der Waals surface area contributed by atoms with Crippen LogP contribution in [0.3, 0.4) is 0 Å². The molecule has 0 fully saturated rings. The molecule has 5 nitrogen and oxygen atoms in total. The minimum atomic E-state index is -1.03. The van der Waals surface area contributed by atoms with Crippen LogP contribution in [0, 0.1) is 0 Å². The maximum absolute atomic E-state index is 11.9. The minimum Gasteiger partial charge on any atom is -0.480 e. The van der Waals surface area contributed by atoms with Crippen LogP contribution in [0.4, 0.5) is 0 Å². The fourth-order valence-corrected chi connectivity index (χ4v) is 1.04. The summed E-state index contributed by atoms with van der Waals surface area (Å²) >= 11 is 0. The monoisotopic (exact) mass is 214 g/mol. The molecule has 2 N–H and O–H groups in total. The Labute approximate surface area is 89.8 Å². The molecule has 86 valence electrons. The number of aliphatic carboxylic acids is 1. The largest absolute Gasteiger partial charge is 0.480 e. The molecule has 0 aliphatic rings. The number of hydrogen-bond donors (Lipinski definition) is 2. The summed E-state index contributed by atoms with van der Waals surface area (Å²) in [6.07, 6.45) is 1.51. The van der Waals surface area contributed by atoms with Crippen LogP contribution in [-0.2, 0) is 9.59 Å². The van der Waals surface area contributed by atoms with E-state index < -0.39 is 11.5 Å². The number of nitrogens with zero attached hydrogens (tertiary/aromatic N) is 1. The Morgan fingerprint density at radius 1 is 1.53 bits per heavy atom. The molecule has 0 bridgehead atoms. The standard InChI is InChI=1S/C10H18N2O3/c1-5-6-12(7-8(13)14)9(15)10(2,3)11-4/h5,11H,1,6-7H2,2-4H3,(H,13,14). The molecular formula is C10H18N2O3. The van der Waals surface area contributed by atoms with Gasteiger partial charge < -0.3 is 15.3 Å². The van der Waals surface area contributed by atoms with Crippen LogP contribution in [-0.4, -0.2) is 47.6 Å². The average Bonchev–Trinajstić information content (AvgIpc) is 2.15. The molecule has 0 aromatic rings. The molecular weight excluding hydrogens is 196 g/mol. The van der Waals surface area contributed by atoms with E-state index in [1.165, 1.54) is 11.0 Å². The summed E-state index contributed by atoms with van der Waals surface area (Å²) in [7, 11) is 1.66. The van der Waals surface area contributed by atoms with Crippen molar-refractivity contribution in [3.8, 4) is 0 Å². The molecule has 0 rings (SSSR count). The molecule has 0 heterocycles. The van der Waals surface area contributed by atoms with Crippen molar-refractivity contribution in [2.24, 2.45) is 0 Å². The molecule has 0 aromatic carbocycles. The first-order valence-corrected chi connectivity index (χ1v) is 4.66. The highest BCUT2D eigenvalue weighted by molar-refractivity contribution is 5.88. The molecule has 5 heteroatoms. The summed E-state index contributed by atoms with van der Waals surface area (Å²) in [4.78, 5) is 23.7. The van der Waals surface area contributed by atoms with E-state index in [0.717, 1.165) is 0 Å². The number of carboxylic acid groups (broad SMARTS) is 1. The van der Waals surface area contributed by atoms with Gasteiger partial charge in [0.25, 0.3) is 0 Å². The van der Waals surface area contributed by atoms with E-state index in [4.69, 9.17) is 5.11 Å². The van der Waals surface area contributed by atoms with Crippen molar-refractivity contribution in [2.75, 3.05) is 20.1 Å². The molecule has 0 aliphatic heterocycles. The molecule has 0 aromatic heterocycles.